The van der Waals surface area contributed by atoms with Crippen molar-refractivity contribution in [3.05, 3.63) is 17.0 Å². The zero-order valence-corrected chi connectivity index (χ0v) is 12.8. The molecule has 0 saturated heterocycles. The second kappa shape index (κ2) is 6.40. The van der Waals surface area contributed by atoms with E-state index in [4.69, 9.17) is 10.3 Å². The molecule has 0 aliphatic rings. The lowest BCUT2D eigenvalue weighted by Crippen LogP contribution is -2.12. The van der Waals surface area contributed by atoms with Crippen molar-refractivity contribution in [1.82, 2.24) is 15.4 Å². The minimum atomic E-state index is -0.356. The summed E-state index contributed by atoms with van der Waals surface area (Å²) in [5.74, 6) is 1.45. The average molecular weight is 316 g/mol. The van der Waals surface area contributed by atoms with Gasteiger partial charge in [0.25, 0.3) is 0 Å². The van der Waals surface area contributed by atoms with E-state index in [1.165, 1.54) is 23.1 Å². The van der Waals surface area contributed by atoms with Crippen LogP contribution in [0, 0.1) is 13.8 Å². The van der Waals surface area contributed by atoms with Crippen LogP contribution in [0.4, 0.5) is 0 Å². The maximum absolute atomic E-state index is 10.7. The Balaban J connectivity index is 1.92. The van der Waals surface area contributed by atoms with Crippen LogP contribution in [-0.4, -0.2) is 27.0 Å². The molecular formula is C10H12N4O2S3. The van der Waals surface area contributed by atoms with Crippen LogP contribution < -0.4 is 5.73 Å². The first-order chi connectivity index (χ1) is 9.06. The number of hydrogen-bond acceptors (Lipinski definition) is 8. The summed E-state index contributed by atoms with van der Waals surface area (Å²) in [5.41, 5.74) is 7.07. The molecule has 6 nitrogen and oxygen atoms in total. The van der Waals surface area contributed by atoms with E-state index in [0.29, 0.717) is 0 Å². The van der Waals surface area contributed by atoms with Crippen molar-refractivity contribution in [2.24, 2.45) is 5.73 Å². The smallest absolute Gasteiger partial charge is 0.227 e. The molecule has 2 heterocycles. The predicted octanol–water partition coefficient (Wildman–Crippen LogP) is 2.01. The number of thioether (sulfide) groups is 2. The maximum atomic E-state index is 10.7. The Hall–Kier alpha value is -1.06. The third-order valence-corrected chi connectivity index (χ3v) is 5.49. The summed E-state index contributed by atoms with van der Waals surface area (Å²) in [5, 5.41) is 12.0. The Morgan fingerprint density at radius 3 is 2.58 bits per heavy atom. The van der Waals surface area contributed by atoms with Crippen LogP contribution in [0.25, 0.3) is 0 Å². The summed E-state index contributed by atoms with van der Waals surface area (Å²) in [6.07, 6.45) is 0. The molecule has 0 spiro atoms. The Kier molecular flexibility index (Phi) is 4.83. The number of hydrogen-bond donors (Lipinski definition) is 1. The minimum absolute atomic E-state index is 0.225. The van der Waals surface area contributed by atoms with Crippen molar-refractivity contribution in [2.75, 3.05) is 5.75 Å². The number of aromatic nitrogens is 3. The molecule has 0 fully saturated rings. The van der Waals surface area contributed by atoms with Gasteiger partial charge in [0, 0.05) is 11.3 Å². The fourth-order valence-corrected chi connectivity index (χ4v) is 4.20. The molecule has 9 heteroatoms. The van der Waals surface area contributed by atoms with Gasteiger partial charge in [0.05, 0.1) is 11.4 Å². The summed E-state index contributed by atoms with van der Waals surface area (Å²) < 4.78 is 6.71. The molecule has 2 aromatic rings. The number of nitrogens with two attached hydrogens (primary N) is 1. The predicted molar refractivity (Wildman–Crippen MR) is 75.4 cm³/mol. The summed E-state index contributed by atoms with van der Waals surface area (Å²) >= 11 is 4.34. The van der Waals surface area contributed by atoms with E-state index in [1.54, 1.807) is 11.8 Å². The lowest BCUT2D eigenvalue weighted by atomic mass is 10.2. The zero-order valence-electron chi connectivity index (χ0n) is 10.4. The highest BCUT2D eigenvalue weighted by molar-refractivity contribution is 8.03. The van der Waals surface area contributed by atoms with Crippen molar-refractivity contribution in [1.29, 1.82) is 0 Å². The van der Waals surface area contributed by atoms with Crippen LogP contribution in [0.1, 0.15) is 17.0 Å². The van der Waals surface area contributed by atoms with Gasteiger partial charge in [-0.1, -0.05) is 40.0 Å². The number of aryl methyl sites for hydroxylation is 2. The average Bonchev–Trinajstić information content (AvgIpc) is 2.93. The number of amides is 1. The molecule has 2 rings (SSSR count). The maximum Gasteiger partial charge on any atom is 0.227 e. The second-order valence-corrected chi connectivity index (χ2v) is 7.10. The molecule has 2 N–H and O–H groups in total. The molecule has 2 aromatic heterocycles. The number of carbonyl (C=O) groups excluding carboxylic acids is 1. The van der Waals surface area contributed by atoms with Crippen LogP contribution in [0.3, 0.4) is 0 Å². The molecule has 0 aromatic carbocycles. The summed E-state index contributed by atoms with van der Waals surface area (Å²) in [4.78, 5) is 10.7. The Morgan fingerprint density at radius 2 is 2.00 bits per heavy atom. The van der Waals surface area contributed by atoms with E-state index in [-0.39, 0.29) is 11.7 Å². The van der Waals surface area contributed by atoms with Gasteiger partial charge in [-0.15, -0.1) is 10.2 Å². The lowest BCUT2D eigenvalue weighted by Gasteiger charge is -1.95. The van der Waals surface area contributed by atoms with Crippen LogP contribution in [0.5, 0.6) is 0 Å². The summed E-state index contributed by atoms with van der Waals surface area (Å²) in [6, 6.07) is 0. The molecule has 0 bridgehead atoms. The highest BCUT2D eigenvalue weighted by atomic mass is 32.2. The Bertz CT molecular complexity index is 562. The van der Waals surface area contributed by atoms with E-state index in [9.17, 15) is 4.79 Å². The van der Waals surface area contributed by atoms with Crippen molar-refractivity contribution in [2.45, 2.75) is 28.3 Å². The molecule has 102 valence electrons. The van der Waals surface area contributed by atoms with E-state index in [0.717, 1.165) is 31.4 Å². The molecule has 0 aliphatic carbocycles. The zero-order chi connectivity index (χ0) is 13.8. The molecule has 0 unspecified atom stereocenters. The summed E-state index contributed by atoms with van der Waals surface area (Å²) in [7, 11) is 0. The van der Waals surface area contributed by atoms with Crippen molar-refractivity contribution < 1.29 is 9.32 Å². The fourth-order valence-electron chi connectivity index (χ4n) is 1.29. The second-order valence-electron chi connectivity index (χ2n) is 3.68. The third-order valence-electron chi connectivity index (χ3n) is 2.25. The fraction of sp³-hybridized carbons (Fsp3) is 0.400. The van der Waals surface area contributed by atoms with Gasteiger partial charge in [0.1, 0.15) is 5.76 Å². The number of rotatable bonds is 6. The van der Waals surface area contributed by atoms with Crippen LogP contribution >= 0.6 is 34.9 Å². The van der Waals surface area contributed by atoms with Gasteiger partial charge in [-0.25, -0.2) is 0 Å². The molecule has 0 saturated carbocycles. The SMILES string of the molecule is Cc1noc(C)c1CSc1nnc(SCC(N)=O)s1. The Labute approximate surface area is 122 Å². The standard InChI is InChI=1S/C10H12N4O2S3/c1-5-7(6(2)16-14-5)3-17-9-12-13-10(19-9)18-4-8(11)15/h3-4H2,1-2H3,(H2,11,15). The molecule has 0 atom stereocenters. The quantitative estimate of drug-likeness (QED) is 0.814. The highest BCUT2D eigenvalue weighted by Gasteiger charge is 2.12. The topological polar surface area (TPSA) is 94.9 Å². The molecular weight excluding hydrogens is 304 g/mol. The van der Waals surface area contributed by atoms with Gasteiger partial charge in [-0.05, 0) is 13.8 Å². The van der Waals surface area contributed by atoms with E-state index in [2.05, 4.69) is 15.4 Å². The lowest BCUT2D eigenvalue weighted by molar-refractivity contribution is -0.115. The first-order valence-corrected chi connectivity index (χ1v) is 8.14. The van der Waals surface area contributed by atoms with E-state index >= 15 is 0 Å². The molecule has 0 radical (unpaired) electrons. The first-order valence-electron chi connectivity index (χ1n) is 5.35. The van der Waals surface area contributed by atoms with Gasteiger partial charge < -0.3 is 10.3 Å². The van der Waals surface area contributed by atoms with Crippen molar-refractivity contribution in [3.8, 4) is 0 Å². The number of carbonyl (C=O) groups is 1. The molecule has 19 heavy (non-hydrogen) atoms. The number of primary amides is 1. The van der Waals surface area contributed by atoms with E-state index < -0.39 is 0 Å². The first kappa shape index (κ1) is 14.4. The third kappa shape index (κ3) is 3.95. The van der Waals surface area contributed by atoms with E-state index in [1.807, 2.05) is 13.8 Å². The van der Waals surface area contributed by atoms with Gasteiger partial charge in [-0.3, -0.25) is 4.79 Å². The number of nitrogens with zero attached hydrogens (tertiary/aromatic N) is 3. The molecule has 0 aliphatic heterocycles. The minimum Gasteiger partial charge on any atom is -0.369 e. The van der Waals surface area contributed by atoms with Crippen LogP contribution in [-0.2, 0) is 10.5 Å². The normalized spacial score (nSPS) is 10.8. The van der Waals surface area contributed by atoms with Crippen molar-refractivity contribution in [3.63, 3.8) is 0 Å². The van der Waals surface area contributed by atoms with Crippen LogP contribution in [0.2, 0.25) is 0 Å². The van der Waals surface area contributed by atoms with Gasteiger partial charge in [0.2, 0.25) is 5.91 Å². The largest absolute Gasteiger partial charge is 0.369 e. The summed E-state index contributed by atoms with van der Waals surface area (Å²) in [6.45, 7) is 3.81. The monoisotopic (exact) mass is 316 g/mol. The van der Waals surface area contributed by atoms with Gasteiger partial charge >= 0.3 is 0 Å². The van der Waals surface area contributed by atoms with Gasteiger partial charge in [0.15, 0.2) is 8.68 Å². The van der Waals surface area contributed by atoms with Gasteiger partial charge in [-0.2, -0.15) is 0 Å². The molecule has 1 amide bonds. The van der Waals surface area contributed by atoms with Crippen LogP contribution in [0.15, 0.2) is 13.2 Å². The van der Waals surface area contributed by atoms with Crippen molar-refractivity contribution >= 4 is 40.8 Å². The highest BCUT2D eigenvalue weighted by Crippen LogP contribution is 2.31. The Morgan fingerprint density at radius 1 is 1.32 bits per heavy atom.